The summed E-state index contributed by atoms with van der Waals surface area (Å²) in [6.07, 6.45) is -0.258. The molecule has 1 unspecified atom stereocenters. The van der Waals surface area contributed by atoms with Crippen molar-refractivity contribution < 1.29 is 19.0 Å². The predicted molar refractivity (Wildman–Crippen MR) is 135 cm³/mol. The summed E-state index contributed by atoms with van der Waals surface area (Å²) in [7, 11) is 0. The van der Waals surface area contributed by atoms with E-state index in [2.05, 4.69) is 11.1 Å². The second-order valence-corrected chi connectivity index (χ2v) is 9.20. The van der Waals surface area contributed by atoms with Crippen LogP contribution in [-0.2, 0) is 9.53 Å². The fourth-order valence-corrected chi connectivity index (χ4v) is 4.64. The fourth-order valence-electron chi connectivity index (χ4n) is 4.05. The van der Waals surface area contributed by atoms with Gasteiger partial charge in [0, 0.05) is 22.4 Å². The van der Waals surface area contributed by atoms with Gasteiger partial charge in [-0.15, -0.1) is 0 Å². The number of ether oxygens (including phenoxy) is 3. The zero-order chi connectivity index (χ0) is 23.7. The fraction of sp³-hybridized carbons (Fsp3) is 0.240. The van der Waals surface area contributed by atoms with E-state index < -0.39 is 0 Å². The molecule has 0 saturated carbocycles. The van der Waals surface area contributed by atoms with Gasteiger partial charge in [0.2, 0.25) is 5.91 Å². The second kappa shape index (κ2) is 9.92. The minimum atomic E-state index is -0.258. The molecule has 34 heavy (non-hydrogen) atoms. The molecular weight excluding hydrogens is 499 g/mol. The average Bonchev–Trinajstić information content (AvgIpc) is 3.22. The van der Waals surface area contributed by atoms with Gasteiger partial charge in [-0.3, -0.25) is 4.79 Å². The lowest BCUT2D eigenvalue weighted by Gasteiger charge is -2.32. The maximum absolute atomic E-state index is 12.3. The molecule has 2 heterocycles. The highest BCUT2D eigenvalue weighted by atomic mass is 35.5. The first-order valence-electron chi connectivity index (χ1n) is 10.8. The molecule has 1 amide bonds. The minimum absolute atomic E-state index is 0.00115. The third kappa shape index (κ3) is 4.77. The van der Waals surface area contributed by atoms with E-state index in [-0.39, 0.29) is 25.2 Å². The molecule has 1 aromatic heterocycles. The summed E-state index contributed by atoms with van der Waals surface area (Å²) in [6.45, 7) is 1.36. The highest BCUT2D eigenvalue weighted by Crippen LogP contribution is 2.34. The summed E-state index contributed by atoms with van der Waals surface area (Å²) in [4.78, 5) is 17.5. The summed E-state index contributed by atoms with van der Waals surface area (Å²) < 4.78 is 17.6. The molecule has 1 saturated heterocycles. The average molecular weight is 520 g/mol. The van der Waals surface area contributed by atoms with Gasteiger partial charge in [-0.1, -0.05) is 59.1 Å². The van der Waals surface area contributed by atoms with Crippen molar-refractivity contribution in [1.29, 1.82) is 0 Å². The van der Waals surface area contributed by atoms with E-state index in [0.717, 1.165) is 27.6 Å². The van der Waals surface area contributed by atoms with Crippen LogP contribution >= 0.6 is 34.8 Å². The Morgan fingerprint density at radius 2 is 1.74 bits per heavy atom. The van der Waals surface area contributed by atoms with Crippen molar-refractivity contribution in [3.8, 4) is 11.5 Å². The molecule has 176 valence electrons. The summed E-state index contributed by atoms with van der Waals surface area (Å²) in [6, 6.07) is 17.1. The lowest BCUT2D eigenvalue weighted by atomic mass is 10.1. The highest BCUT2D eigenvalue weighted by Gasteiger charge is 2.27. The van der Waals surface area contributed by atoms with E-state index in [1.807, 2.05) is 36.4 Å². The van der Waals surface area contributed by atoms with E-state index in [1.165, 1.54) is 6.07 Å². The van der Waals surface area contributed by atoms with E-state index in [0.29, 0.717) is 40.5 Å². The van der Waals surface area contributed by atoms with E-state index in [1.54, 1.807) is 11.0 Å². The van der Waals surface area contributed by atoms with Gasteiger partial charge in [-0.2, -0.15) is 0 Å². The van der Waals surface area contributed by atoms with Crippen LogP contribution in [0.1, 0.15) is 0 Å². The zero-order valence-corrected chi connectivity index (χ0v) is 20.3. The van der Waals surface area contributed by atoms with Crippen LogP contribution in [0.25, 0.3) is 21.8 Å². The molecule has 0 spiro atoms. The second-order valence-electron chi connectivity index (χ2n) is 7.98. The number of amides is 1. The lowest BCUT2D eigenvalue weighted by Crippen LogP contribution is -2.49. The summed E-state index contributed by atoms with van der Waals surface area (Å²) >= 11 is 18.1. The van der Waals surface area contributed by atoms with Gasteiger partial charge in [-0.25, -0.2) is 0 Å². The number of aromatic nitrogens is 1. The standard InChI is InChI=1S/C25H21Cl3N2O4/c26-17-10-19(28)23(11-18(17)27)32-9-8-30-12-15(33-14-24(30)31)13-34-22-7-3-6-21-25(22)16-4-1-2-5-20(16)29-21/h1-7,10-11,15,29H,8-9,12-14H2. The van der Waals surface area contributed by atoms with E-state index in [9.17, 15) is 4.79 Å². The quantitative estimate of drug-likeness (QED) is 0.306. The van der Waals surface area contributed by atoms with Gasteiger partial charge in [0.05, 0.1) is 33.7 Å². The van der Waals surface area contributed by atoms with Crippen molar-refractivity contribution in [2.24, 2.45) is 0 Å². The van der Waals surface area contributed by atoms with Gasteiger partial charge in [0.25, 0.3) is 0 Å². The summed E-state index contributed by atoms with van der Waals surface area (Å²) in [5, 5.41) is 3.21. The number of carbonyl (C=O) groups is 1. The van der Waals surface area contributed by atoms with Crippen LogP contribution < -0.4 is 9.47 Å². The number of rotatable bonds is 7. The molecule has 1 aliphatic heterocycles. The molecule has 6 nitrogen and oxygen atoms in total. The number of hydrogen-bond acceptors (Lipinski definition) is 4. The molecular formula is C25H21Cl3N2O4. The number of H-pyrrole nitrogens is 1. The third-order valence-electron chi connectivity index (χ3n) is 5.73. The van der Waals surface area contributed by atoms with Gasteiger partial charge in [-0.05, 0) is 24.3 Å². The van der Waals surface area contributed by atoms with Gasteiger partial charge >= 0.3 is 0 Å². The van der Waals surface area contributed by atoms with Crippen molar-refractivity contribution >= 4 is 62.5 Å². The molecule has 0 bridgehead atoms. The van der Waals surface area contributed by atoms with E-state index >= 15 is 0 Å². The molecule has 3 aromatic carbocycles. The van der Waals surface area contributed by atoms with E-state index in [4.69, 9.17) is 49.0 Å². The predicted octanol–water partition coefficient (Wildman–Crippen LogP) is 5.97. The summed E-state index contributed by atoms with van der Waals surface area (Å²) in [5.74, 6) is 1.10. The maximum Gasteiger partial charge on any atom is 0.248 e. The number of nitrogens with one attached hydrogen (secondary N) is 1. The van der Waals surface area contributed by atoms with Crippen LogP contribution in [0.5, 0.6) is 11.5 Å². The van der Waals surface area contributed by atoms with Crippen LogP contribution in [0.4, 0.5) is 0 Å². The van der Waals surface area contributed by atoms with Crippen molar-refractivity contribution in [3.05, 3.63) is 69.7 Å². The molecule has 0 aliphatic carbocycles. The lowest BCUT2D eigenvalue weighted by molar-refractivity contribution is -0.150. The third-order valence-corrected chi connectivity index (χ3v) is 6.75. The Labute approximate surface area is 211 Å². The number of morpholine rings is 1. The number of hydrogen-bond donors (Lipinski definition) is 1. The first kappa shape index (κ1) is 23.1. The number of aromatic amines is 1. The monoisotopic (exact) mass is 518 g/mol. The maximum atomic E-state index is 12.3. The molecule has 0 radical (unpaired) electrons. The zero-order valence-electron chi connectivity index (χ0n) is 18.0. The van der Waals surface area contributed by atoms with Gasteiger partial charge in [0.15, 0.2) is 0 Å². The molecule has 9 heteroatoms. The van der Waals surface area contributed by atoms with Gasteiger partial charge < -0.3 is 24.1 Å². The Hall–Kier alpha value is -2.64. The number of nitrogens with zero attached hydrogens (tertiary/aromatic N) is 1. The molecule has 1 fully saturated rings. The number of benzene rings is 3. The highest BCUT2D eigenvalue weighted by molar-refractivity contribution is 6.43. The van der Waals surface area contributed by atoms with Crippen molar-refractivity contribution in [1.82, 2.24) is 9.88 Å². The molecule has 5 rings (SSSR count). The first-order valence-corrected chi connectivity index (χ1v) is 11.9. The van der Waals surface area contributed by atoms with Crippen molar-refractivity contribution in [2.75, 3.05) is 32.9 Å². The summed E-state index contributed by atoms with van der Waals surface area (Å²) in [5.41, 5.74) is 2.07. The topological polar surface area (TPSA) is 63.8 Å². The Kier molecular flexibility index (Phi) is 6.75. The Morgan fingerprint density at radius 3 is 2.62 bits per heavy atom. The number of fused-ring (bicyclic) bond motifs is 3. The molecule has 1 aliphatic rings. The normalized spacial score (nSPS) is 16.4. The smallest absolute Gasteiger partial charge is 0.248 e. The van der Waals surface area contributed by atoms with Crippen molar-refractivity contribution in [2.45, 2.75) is 6.10 Å². The number of halogens is 3. The Balaban J connectivity index is 1.21. The Bertz CT molecular complexity index is 1360. The van der Waals surface area contributed by atoms with Crippen LogP contribution in [0.15, 0.2) is 54.6 Å². The van der Waals surface area contributed by atoms with Crippen LogP contribution in [0.2, 0.25) is 15.1 Å². The number of para-hydroxylation sites is 1. The minimum Gasteiger partial charge on any atom is -0.490 e. The molecule has 1 atom stereocenters. The first-order chi connectivity index (χ1) is 16.5. The van der Waals surface area contributed by atoms with Crippen molar-refractivity contribution in [3.63, 3.8) is 0 Å². The largest absolute Gasteiger partial charge is 0.490 e. The van der Waals surface area contributed by atoms with Gasteiger partial charge in [0.1, 0.15) is 37.4 Å². The van der Waals surface area contributed by atoms with Crippen LogP contribution in [0.3, 0.4) is 0 Å². The molecule has 4 aromatic rings. The SMILES string of the molecule is O=C1COC(COc2cccc3[nH]c4ccccc4c23)CN1CCOc1cc(Cl)c(Cl)cc1Cl. The van der Waals surface area contributed by atoms with Crippen LogP contribution in [-0.4, -0.2) is 54.8 Å². The number of carbonyl (C=O) groups excluding carboxylic acids is 1. The Morgan fingerprint density at radius 1 is 0.941 bits per heavy atom. The molecule has 1 N–H and O–H groups in total. The van der Waals surface area contributed by atoms with Crippen LogP contribution in [0, 0.1) is 0 Å².